The minimum atomic E-state index is 0.869. The van der Waals surface area contributed by atoms with E-state index in [1.807, 2.05) is 0 Å². The number of aromatic nitrogens is 1. The predicted octanol–water partition coefficient (Wildman–Crippen LogP) is 3.52. The number of nitrogens with zero attached hydrogens (tertiary/aromatic N) is 2. The molecule has 0 unspecified atom stereocenters. The number of aryl methyl sites for hydroxylation is 1. The van der Waals surface area contributed by atoms with Crippen LogP contribution in [0.1, 0.15) is 50.3 Å². The van der Waals surface area contributed by atoms with Crippen molar-refractivity contribution in [1.82, 2.24) is 10.3 Å². The normalized spacial score (nSPS) is 15.8. The molecule has 3 heteroatoms. The number of hydrogen-bond acceptors (Lipinski definition) is 3. The van der Waals surface area contributed by atoms with Gasteiger partial charge in [0.25, 0.3) is 0 Å². The van der Waals surface area contributed by atoms with E-state index in [9.17, 15) is 0 Å². The third kappa shape index (κ3) is 4.20. The summed E-state index contributed by atoms with van der Waals surface area (Å²) >= 11 is 0. The Kier molecular flexibility index (Phi) is 5.84. The lowest BCUT2D eigenvalue weighted by Gasteiger charge is -2.23. The maximum Gasteiger partial charge on any atom is 0.128 e. The number of rotatable bonds is 7. The zero-order valence-electron chi connectivity index (χ0n) is 13.3. The molecule has 0 atom stereocenters. The highest BCUT2D eigenvalue weighted by atomic mass is 15.2. The lowest BCUT2D eigenvalue weighted by molar-refractivity contribution is 0.544. The van der Waals surface area contributed by atoms with Crippen LogP contribution in [0, 0.1) is 12.8 Å². The molecule has 1 fully saturated rings. The van der Waals surface area contributed by atoms with Crippen molar-refractivity contribution >= 4 is 5.82 Å². The lowest BCUT2D eigenvalue weighted by atomic mass is 10.1. The van der Waals surface area contributed by atoms with Gasteiger partial charge in [-0.25, -0.2) is 4.98 Å². The SMILES string of the molecule is CCCNCc1ccc(N(C)CC2CCCC2)nc1C. The first-order valence-corrected chi connectivity index (χ1v) is 8.09. The first-order valence-electron chi connectivity index (χ1n) is 8.09. The van der Waals surface area contributed by atoms with Crippen LogP contribution in [0.25, 0.3) is 0 Å². The molecule has 0 bridgehead atoms. The molecule has 1 aromatic rings. The molecule has 0 amide bonds. The van der Waals surface area contributed by atoms with Gasteiger partial charge in [0.15, 0.2) is 0 Å². The average Bonchev–Trinajstić information content (AvgIpc) is 2.93. The summed E-state index contributed by atoms with van der Waals surface area (Å²) in [5.41, 5.74) is 2.47. The highest BCUT2D eigenvalue weighted by Gasteiger charge is 2.17. The van der Waals surface area contributed by atoms with E-state index < -0.39 is 0 Å². The van der Waals surface area contributed by atoms with Crippen LogP contribution in [0.15, 0.2) is 12.1 Å². The van der Waals surface area contributed by atoms with Crippen molar-refractivity contribution in [2.75, 3.05) is 25.0 Å². The van der Waals surface area contributed by atoms with E-state index in [1.54, 1.807) is 0 Å². The molecule has 1 N–H and O–H groups in total. The van der Waals surface area contributed by atoms with Gasteiger partial charge in [0.2, 0.25) is 0 Å². The predicted molar refractivity (Wildman–Crippen MR) is 86.2 cm³/mol. The molecule has 112 valence electrons. The fourth-order valence-electron chi connectivity index (χ4n) is 3.05. The minimum Gasteiger partial charge on any atom is -0.359 e. The van der Waals surface area contributed by atoms with Crippen LogP contribution in [-0.2, 0) is 6.54 Å². The van der Waals surface area contributed by atoms with Gasteiger partial charge in [-0.1, -0.05) is 25.8 Å². The van der Waals surface area contributed by atoms with Crippen molar-refractivity contribution in [2.45, 2.75) is 52.5 Å². The van der Waals surface area contributed by atoms with Gasteiger partial charge in [0.1, 0.15) is 5.82 Å². The quantitative estimate of drug-likeness (QED) is 0.772. The second-order valence-corrected chi connectivity index (χ2v) is 6.12. The van der Waals surface area contributed by atoms with Crippen LogP contribution in [0.3, 0.4) is 0 Å². The van der Waals surface area contributed by atoms with Gasteiger partial charge in [-0.2, -0.15) is 0 Å². The number of hydrogen-bond donors (Lipinski definition) is 1. The van der Waals surface area contributed by atoms with Gasteiger partial charge in [-0.15, -0.1) is 0 Å². The molecule has 0 radical (unpaired) electrons. The number of pyridine rings is 1. The zero-order valence-corrected chi connectivity index (χ0v) is 13.3. The van der Waals surface area contributed by atoms with Crippen molar-refractivity contribution in [1.29, 1.82) is 0 Å². The summed E-state index contributed by atoms with van der Waals surface area (Å²) in [5, 5.41) is 3.45. The van der Waals surface area contributed by atoms with Crippen LogP contribution < -0.4 is 10.2 Å². The van der Waals surface area contributed by atoms with Crippen molar-refractivity contribution in [3.05, 3.63) is 23.4 Å². The molecule has 0 aromatic carbocycles. The van der Waals surface area contributed by atoms with E-state index in [2.05, 4.69) is 43.2 Å². The van der Waals surface area contributed by atoms with E-state index in [1.165, 1.54) is 37.7 Å². The Morgan fingerprint density at radius 3 is 2.70 bits per heavy atom. The van der Waals surface area contributed by atoms with Crippen molar-refractivity contribution in [3.8, 4) is 0 Å². The molecule has 0 saturated heterocycles. The summed E-state index contributed by atoms with van der Waals surface area (Å²) in [6, 6.07) is 4.40. The number of anilines is 1. The zero-order chi connectivity index (χ0) is 14.4. The summed E-state index contributed by atoms with van der Waals surface area (Å²) in [7, 11) is 2.18. The Bertz CT molecular complexity index is 411. The van der Waals surface area contributed by atoms with Gasteiger partial charge in [0, 0.05) is 25.8 Å². The molecule has 0 spiro atoms. The van der Waals surface area contributed by atoms with Gasteiger partial charge >= 0.3 is 0 Å². The smallest absolute Gasteiger partial charge is 0.128 e. The van der Waals surface area contributed by atoms with Crippen molar-refractivity contribution in [2.24, 2.45) is 5.92 Å². The largest absolute Gasteiger partial charge is 0.359 e. The summed E-state index contributed by atoms with van der Waals surface area (Å²) in [4.78, 5) is 7.11. The summed E-state index contributed by atoms with van der Waals surface area (Å²) in [6.45, 7) is 7.47. The van der Waals surface area contributed by atoms with E-state index in [0.29, 0.717) is 0 Å². The lowest BCUT2D eigenvalue weighted by Crippen LogP contribution is -2.25. The number of nitrogens with one attached hydrogen (secondary N) is 1. The Balaban J connectivity index is 1.92. The molecule has 2 rings (SSSR count). The van der Waals surface area contributed by atoms with E-state index >= 15 is 0 Å². The third-order valence-electron chi connectivity index (χ3n) is 4.32. The molecular weight excluding hydrogens is 246 g/mol. The van der Waals surface area contributed by atoms with Crippen molar-refractivity contribution in [3.63, 3.8) is 0 Å². The van der Waals surface area contributed by atoms with Crippen LogP contribution in [0.5, 0.6) is 0 Å². The van der Waals surface area contributed by atoms with Crippen LogP contribution in [-0.4, -0.2) is 25.1 Å². The summed E-state index contributed by atoms with van der Waals surface area (Å²) in [5.74, 6) is 1.99. The summed E-state index contributed by atoms with van der Waals surface area (Å²) in [6.07, 6.45) is 6.78. The van der Waals surface area contributed by atoms with E-state index in [4.69, 9.17) is 4.98 Å². The molecule has 1 saturated carbocycles. The molecule has 0 aliphatic heterocycles. The van der Waals surface area contributed by atoms with E-state index in [-0.39, 0.29) is 0 Å². The van der Waals surface area contributed by atoms with E-state index in [0.717, 1.165) is 37.1 Å². The fourth-order valence-corrected chi connectivity index (χ4v) is 3.05. The highest BCUT2D eigenvalue weighted by Crippen LogP contribution is 2.26. The molecule has 1 heterocycles. The first kappa shape index (κ1) is 15.3. The summed E-state index contributed by atoms with van der Waals surface area (Å²) < 4.78 is 0. The third-order valence-corrected chi connectivity index (χ3v) is 4.32. The van der Waals surface area contributed by atoms with Gasteiger partial charge < -0.3 is 10.2 Å². The Hall–Kier alpha value is -1.09. The molecule has 3 nitrogen and oxygen atoms in total. The second-order valence-electron chi connectivity index (χ2n) is 6.12. The molecule has 1 aliphatic rings. The second kappa shape index (κ2) is 7.63. The standard InChI is InChI=1S/C17H29N3/c1-4-11-18-12-16-9-10-17(19-14(16)2)20(3)13-15-7-5-6-8-15/h9-10,15,18H,4-8,11-13H2,1-3H3. The average molecular weight is 275 g/mol. The van der Waals surface area contributed by atoms with Crippen molar-refractivity contribution < 1.29 is 0 Å². The molecule has 20 heavy (non-hydrogen) atoms. The van der Waals surface area contributed by atoms with Gasteiger partial charge in [-0.05, 0) is 50.3 Å². The molecular formula is C17H29N3. The van der Waals surface area contributed by atoms with Crippen LogP contribution in [0.2, 0.25) is 0 Å². The van der Waals surface area contributed by atoms with Gasteiger partial charge in [-0.3, -0.25) is 0 Å². The molecule has 1 aromatic heterocycles. The Morgan fingerprint density at radius 2 is 2.05 bits per heavy atom. The topological polar surface area (TPSA) is 28.2 Å². The Labute approximate surface area is 123 Å². The van der Waals surface area contributed by atoms with Crippen LogP contribution >= 0.6 is 0 Å². The maximum atomic E-state index is 4.78. The van der Waals surface area contributed by atoms with Gasteiger partial charge in [0.05, 0.1) is 0 Å². The maximum absolute atomic E-state index is 4.78. The molecule has 1 aliphatic carbocycles. The fraction of sp³-hybridized carbons (Fsp3) is 0.706. The van der Waals surface area contributed by atoms with Crippen LogP contribution in [0.4, 0.5) is 5.82 Å². The minimum absolute atomic E-state index is 0.869. The monoisotopic (exact) mass is 275 g/mol. The highest BCUT2D eigenvalue weighted by molar-refractivity contribution is 5.41. The Morgan fingerprint density at radius 1 is 1.30 bits per heavy atom. The first-order chi connectivity index (χ1) is 9.70.